The smallest absolute Gasteiger partial charge is 0.220 e. The number of aryl methyl sites for hydroxylation is 2. The number of rotatable bonds is 5. The molecule has 0 fully saturated rings. The van der Waals surface area contributed by atoms with E-state index in [2.05, 4.69) is 28.5 Å². The SMILES string of the molecule is Cc1nc2ccccn2c1CCC(=O)NCC(C)C. The Bertz CT molecular complexity index is 572. The summed E-state index contributed by atoms with van der Waals surface area (Å²) >= 11 is 0. The Labute approximate surface area is 113 Å². The average molecular weight is 259 g/mol. The summed E-state index contributed by atoms with van der Waals surface area (Å²) in [7, 11) is 0. The molecule has 2 aromatic heterocycles. The quantitative estimate of drug-likeness (QED) is 0.896. The second-order valence-electron chi connectivity index (χ2n) is 5.27. The van der Waals surface area contributed by atoms with Crippen LogP contribution in [-0.2, 0) is 11.2 Å². The second-order valence-corrected chi connectivity index (χ2v) is 5.27. The van der Waals surface area contributed by atoms with E-state index in [9.17, 15) is 4.79 Å². The van der Waals surface area contributed by atoms with Crippen molar-refractivity contribution in [1.82, 2.24) is 14.7 Å². The molecule has 2 rings (SSSR count). The Morgan fingerprint density at radius 1 is 1.42 bits per heavy atom. The number of pyridine rings is 1. The maximum atomic E-state index is 11.7. The van der Waals surface area contributed by atoms with Crippen LogP contribution in [0, 0.1) is 12.8 Å². The van der Waals surface area contributed by atoms with E-state index in [-0.39, 0.29) is 5.91 Å². The number of fused-ring (bicyclic) bond motifs is 1. The summed E-state index contributed by atoms with van der Waals surface area (Å²) in [5, 5.41) is 2.94. The van der Waals surface area contributed by atoms with Gasteiger partial charge in [0.2, 0.25) is 5.91 Å². The van der Waals surface area contributed by atoms with E-state index in [1.54, 1.807) is 0 Å². The van der Waals surface area contributed by atoms with Gasteiger partial charge in [0.05, 0.1) is 5.69 Å². The molecule has 4 nitrogen and oxygen atoms in total. The first-order valence-corrected chi connectivity index (χ1v) is 6.77. The molecule has 2 aromatic rings. The summed E-state index contributed by atoms with van der Waals surface area (Å²) in [6.07, 6.45) is 3.23. The van der Waals surface area contributed by atoms with E-state index in [1.165, 1.54) is 0 Å². The lowest BCUT2D eigenvalue weighted by atomic mass is 10.2. The first-order chi connectivity index (χ1) is 9.08. The summed E-state index contributed by atoms with van der Waals surface area (Å²) in [6.45, 7) is 6.92. The minimum atomic E-state index is 0.110. The highest BCUT2D eigenvalue weighted by Gasteiger charge is 2.10. The summed E-state index contributed by atoms with van der Waals surface area (Å²) in [5.74, 6) is 0.598. The topological polar surface area (TPSA) is 46.4 Å². The van der Waals surface area contributed by atoms with Crippen molar-refractivity contribution in [3.8, 4) is 0 Å². The lowest BCUT2D eigenvalue weighted by Crippen LogP contribution is -2.27. The van der Waals surface area contributed by atoms with Crippen LogP contribution in [0.25, 0.3) is 5.65 Å². The molecule has 0 spiro atoms. The maximum absolute atomic E-state index is 11.7. The van der Waals surface area contributed by atoms with Gasteiger partial charge >= 0.3 is 0 Å². The third kappa shape index (κ3) is 3.34. The number of imidazole rings is 1. The minimum absolute atomic E-state index is 0.110. The molecular formula is C15H21N3O. The van der Waals surface area contributed by atoms with Crippen LogP contribution in [0.15, 0.2) is 24.4 Å². The first-order valence-electron chi connectivity index (χ1n) is 6.77. The Balaban J connectivity index is 2.01. The van der Waals surface area contributed by atoms with Gasteiger partial charge in [0.1, 0.15) is 5.65 Å². The molecule has 0 unspecified atom stereocenters. The fourth-order valence-corrected chi connectivity index (χ4v) is 2.10. The molecular weight excluding hydrogens is 238 g/mol. The zero-order valence-corrected chi connectivity index (χ0v) is 11.8. The van der Waals surface area contributed by atoms with Crippen molar-refractivity contribution in [3.63, 3.8) is 0 Å². The van der Waals surface area contributed by atoms with Crippen LogP contribution >= 0.6 is 0 Å². The van der Waals surface area contributed by atoms with Crippen LogP contribution in [0.3, 0.4) is 0 Å². The van der Waals surface area contributed by atoms with E-state index >= 15 is 0 Å². The molecule has 0 radical (unpaired) electrons. The molecule has 19 heavy (non-hydrogen) atoms. The molecule has 2 heterocycles. The number of hydrogen-bond acceptors (Lipinski definition) is 2. The van der Waals surface area contributed by atoms with Gasteiger partial charge < -0.3 is 9.72 Å². The van der Waals surface area contributed by atoms with Crippen LogP contribution in [0.4, 0.5) is 0 Å². The lowest BCUT2D eigenvalue weighted by molar-refractivity contribution is -0.121. The number of carbonyl (C=O) groups is 1. The third-order valence-corrected chi connectivity index (χ3v) is 3.13. The van der Waals surface area contributed by atoms with Gasteiger partial charge in [-0.25, -0.2) is 4.98 Å². The summed E-state index contributed by atoms with van der Waals surface area (Å²) in [5.41, 5.74) is 3.07. The Hall–Kier alpha value is -1.84. The van der Waals surface area contributed by atoms with E-state index in [0.29, 0.717) is 12.3 Å². The molecule has 1 amide bonds. The Morgan fingerprint density at radius 2 is 2.21 bits per heavy atom. The standard InChI is InChI=1S/C15H21N3O/c1-11(2)10-16-15(19)8-7-13-12(3)17-14-6-4-5-9-18(13)14/h4-6,9,11H,7-8,10H2,1-3H3,(H,16,19). The zero-order chi connectivity index (χ0) is 13.8. The van der Waals surface area contributed by atoms with Crippen molar-refractivity contribution in [2.45, 2.75) is 33.6 Å². The predicted octanol–water partition coefficient (Wildman–Crippen LogP) is 2.35. The first kappa shape index (κ1) is 13.6. The molecule has 0 saturated heterocycles. The molecule has 0 aliphatic carbocycles. The molecule has 0 bridgehead atoms. The van der Waals surface area contributed by atoms with Gasteiger partial charge in [0, 0.05) is 24.9 Å². The summed E-state index contributed by atoms with van der Waals surface area (Å²) in [6, 6.07) is 5.94. The van der Waals surface area contributed by atoms with Gasteiger partial charge in [-0.2, -0.15) is 0 Å². The zero-order valence-electron chi connectivity index (χ0n) is 11.8. The molecule has 1 N–H and O–H groups in total. The summed E-state index contributed by atoms with van der Waals surface area (Å²) in [4.78, 5) is 16.2. The van der Waals surface area contributed by atoms with Crippen LogP contribution in [-0.4, -0.2) is 21.8 Å². The Morgan fingerprint density at radius 3 is 2.95 bits per heavy atom. The molecule has 0 aliphatic rings. The van der Waals surface area contributed by atoms with Crippen molar-refractivity contribution in [1.29, 1.82) is 0 Å². The third-order valence-electron chi connectivity index (χ3n) is 3.13. The van der Waals surface area contributed by atoms with Gasteiger partial charge in [-0.15, -0.1) is 0 Å². The maximum Gasteiger partial charge on any atom is 0.220 e. The minimum Gasteiger partial charge on any atom is -0.356 e. The van der Waals surface area contributed by atoms with Gasteiger partial charge in [-0.05, 0) is 31.4 Å². The largest absolute Gasteiger partial charge is 0.356 e. The molecule has 102 valence electrons. The molecule has 0 aromatic carbocycles. The second kappa shape index (κ2) is 5.87. The van der Waals surface area contributed by atoms with Gasteiger partial charge in [0.15, 0.2) is 0 Å². The van der Waals surface area contributed by atoms with Crippen LogP contribution in [0.1, 0.15) is 31.7 Å². The average Bonchev–Trinajstić information content (AvgIpc) is 2.69. The highest BCUT2D eigenvalue weighted by Crippen LogP contribution is 2.13. The summed E-state index contributed by atoms with van der Waals surface area (Å²) < 4.78 is 2.06. The van der Waals surface area contributed by atoms with Crippen molar-refractivity contribution >= 4 is 11.6 Å². The monoisotopic (exact) mass is 259 g/mol. The van der Waals surface area contributed by atoms with E-state index in [1.807, 2.05) is 31.3 Å². The molecule has 0 aliphatic heterocycles. The highest BCUT2D eigenvalue weighted by molar-refractivity contribution is 5.76. The number of amides is 1. The normalized spacial score (nSPS) is 11.2. The van der Waals surface area contributed by atoms with E-state index < -0.39 is 0 Å². The molecule has 4 heteroatoms. The van der Waals surface area contributed by atoms with E-state index in [4.69, 9.17) is 0 Å². The van der Waals surface area contributed by atoms with Crippen LogP contribution in [0.2, 0.25) is 0 Å². The van der Waals surface area contributed by atoms with E-state index in [0.717, 1.165) is 30.0 Å². The highest BCUT2D eigenvalue weighted by atomic mass is 16.1. The molecule has 0 atom stereocenters. The van der Waals surface area contributed by atoms with Crippen molar-refractivity contribution in [3.05, 3.63) is 35.8 Å². The van der Waals surface area contributed by atoms with Crippen molar-refractivity contribution < 1.29 is 4.79 Å². The number of carbonyl (C=O) groups excluding carboxylic acids is 1. The lowest BCUT2D eigenvalue weighted by Gasteiger charge is -2.07. The Kier molecular flexibility index (Phi) is 4.20. The number of nitrogens with zero attached hydrogens (tertiary/aromatic N) is 2. The van der Waals surface area contributed by atoms with Crippen molar-refractivity contribution in [2.75, 3.05) is 6.54 Å². The van der Waals surface area contributed by atoms with Gasteiger partial charge in [0.25, 0.3) is 0 Å². The number of aromatic nitrogens is 2. The fourth-order valence-electron chi connectivity index (χ4n) is 2.10. The van der Waals surface area contributed by atoms with Crippen molar-refractivity contribution in [2.24, 2.45) is 5.92 Å². The number of hydrogen-bond donors (Lipinski definition) is 1. The fraction of sp³-hybridized carbons (Fsp3) is 0.467. The van der Waals surface area contributed by atoms with Crippen LogP contribution in [0.5, 0.6) is 0 Å². The predicted molar refractivity (Wildman–Crippen MR) is 76.1 cm³/mol. The van der Waals surface area contributed by atoms with Gasteiger partial charge in [-0.3, -0.25) is 4.79 Å². The van der Waals surface area contributed by atoms with Gasteiger partial charge in [-0.1, -0.05) is 19.9 Å². The van der Waals surface area contributed by atoms with Crippen LogP contribution < -0.4 is 5.32 Å². The number of nitrogens with one attached hydrogen (secondary N) is 1. The molecule has 0 saturated carbocycles.